The Morgan fingerprint density at radius 3 is 2.71 bits per heavy atom. The molecule has 1 atom stereocenters. The van der Waals surface area contributed by atoms with Crippen LogP contribution in [0.25, 0.3) is 0 Å². The predicted octanol–water partition coefficient (Wildman–Crippen LogP) is 0.200. The Morgan fingerprint density at radius 2 is 2.14 bits per heavy atom. The molecule has 1 amide bonds. The summed E-state index contributed by atoms with van der Waals surface area (Å²) in [5.74, 6) is -2.24. The molecule has 28 heavy (non-hydrogen) atoms. The molecule has 0 aliphatic carbocycles. The third-order valence-electron chi connectivity index (χ3n) is 3.13. The molecule has 0 bridgehead atoms. The number of aromatic carboxylic acids is 1. The molecule has 1 heterocycles. The van der Waals surface area contributed by atoms with Crippen molar-refractivity contribution >= 4 is 56.8 Å². The fourth-order valence-corrected chi connectivity index (χ4v) is 3.58. The first-order valence-electron chi connectivity index (χ1n) is 7.21. The van der Waals surface area contributed by atoms with Crippen LogP contribution in [-0.4, -0.2) is 43.2 Å². The number of hydrogen-bond acceptors (Lipinski definition) is 7. The molecule has 2 rings (SSSR count). The lowest BCUT2D eigenvalue weighted by molar-refractivity contribution is -0.114. The first-order chi connectivity index (χ1) is 13.2. The van der Waals surface area contributed by atoms with Crippen LogP contribution in [0.5, 0.6) is 0 Å². The van der Waals surface area contributed by atoms with E-state index in [2.05, 4.69) is 15.3 Å². The molecular weight excluding hydrogens is 410 g/mol. The molecule has 2 aromatic rings. The molecule has 0 fully saturated rings. The molecule has 0 aliphatic rings. The van der Waals surface area contributed by atoms with E-state index >= 15 is 0 Å². The van der Waals surface area contributed by atoms with Crippen molar-refractivity contribution in [3.05, 3.63) is 35.0 Å². The van der Waals surface area contributed by atoms with E-state index in [0.29, 0.717) is 0 Å². The normalized spacial score (nSPS) is 11.1. The summed E-state index contributed by atoms with van der Waals surface area (Å²) in [7, 11) is 0. The summed E-state index contributed by atoms with van der Waals surface area (Å²) < 4.78 is 22.3. The smallest absolute Gasteiger partial charge is 0.357 e. The minimum Gasteiger partial charge on any atom is -0.476 e. The van der Waals surface area contributed by atoms with Gasteiger partial charge in [0.2, 0.25) is 5.91 Å². The van der Waals surface area contributed by atoms with Gasteiger partial charge in [0.25, 0.3) is 11.3 Å². The van der Waals surface area contributed by atoms with Crippen LogP contribution in [0, 0.1) is 11.3 Å². The monoisotopic (exact) mass is 423 g/mol. The highest BCUT2D eigenvalue weighted by Crippen LogP contribution is 2.35. The molecule has 12 nitrogen and oxygen atoms in total. The van der Waals surface area contributed by atoms with Gasteiger partial charge in [-0.25, -0.2) is 23.3 Å². The van der Waals surface area contributed by atoms with Gasteiger partial charge in [0.15, 0.2) is 11.7 Å². The van der Waals surface area contributed by atoms with Crippen LogP contribution in [0.3, 0.4) is 0 Å². The summed E-state index contributed by atoms with van der Waals surface area (Å²) in [6.07, 6.45) is 0. The fourth-order valence-electron chi connectivity index (χ4n) is 2.02. The molecule has 1 unspecified atom stereocenters. The lowest BCUT2D eigenvalue weighted by Crippen LogP contribution is -2.25. The molecule has 0 spiro atoms. The number of anilines is 3. The molecule has 146 valence electrons. The van der Waals surface area contributed by atoms with Crippen molar-refractivity contribution in [2.75, 3.05) is 16.2 Å². The quantitative estimate of drug-likeness (QED) is 0.234. The maximum atomic E-state index is 11.8. The number of carboxylic acid groups (broad SMARTS) is 1. The number of guanidine groups is 1. The number of nitriles is 1. The van der Waals surface area contributed by atoms with Crippen LogP contribution < -0.4 is 21.1 Å². The SMILES string of the molecule is N#Cc1cc(N(c2scnc2C(=O)O)S(=O)O)ccc1NC(=O)CN=C(N)N. The zero-order valence-corrected chi connectivity index (χ0v) is 15.5. The highest BCUT2D eigenvalue weighted by Gasteiger charge is 2.25. The Kier molecular flexibility index (Phi) is 6.60. The molecule has 7 N–H and O–H groups in total. The minimum absolute atomic E-state index is 0.0348. The third kappa shape index (κ3) is 4.79. The van der Waals surface area contributed by atoms with E-state index < -0.39 is 28.8 Å². The third-order valence-corrected chi connectivity index (χ3v) is 4.76. The van der Waals surface area contributed by atoms with E-state index in [1.807, 2.05) is 6.07 Å². The number of rotatable bonds is 7. The summed E-state index contributed by atoms with van der Waals surface area (Å²) in [5, 5.41) is 20.9. The van der Waals surface area contributed by atoms with Crippen molar-refractivity contribution < 1.29 is 23.5 Å². The average molecular weight is 423 g/mol. The molecule has 14 heteroatoms. The van der Waals surface area contributed by atoms with Gasteiger partial charge < -0.3 is 21.9 Å². The molecule has 0 saturated carbocycles. The number of carbonyl (C=O) groups excluding carboxylic acids is 1. The molecule has 0 radical (unpaired) electrons. The van der Waals surface area contributed by atoms with Crippen molar-refractivity contribution in [1.29, 1.82) is 5.26 Å². The minimum atomic E-state index is -2.65. The van der Waals surface area contributed by atoms with Gasteiger partial charge in [-0.15, -0.1) is 11.3 Å². The van der Waals surface area contributed by atoms with Gasteiger partial charge in [-0.05, 0) is 18.2 Å². The lowest BCUT2D eigenvalue weighted by atomic mass is 10.1. The van der Waals surface area contributed by atoms with E-state index in [1.54, 1.807) is 0 Å². The van der Waals surface area contributed by atoms with E-state index in [1.165, 1.54) is 23.7 Å². The van der Waals surface area contributed by atoms with Crippen molar-refractivity contribution in [2.45, 2.75) is 0 Å². The van der Waals surface area contributed by atoms with Crippen LogP contribution in [-0.2, 0) is 16.1 Å². The standard InChI is InChI=1S/C14H13N7O5S2/c15-4-7-3-8(1-2-9(7)20-10(22)5-18-14(16)17)21(28(25)26)12-11(13(23)24)19-6-27-12/h1-3,6H,5H2,(H,20,22)(H,23,24)(H,25,26)(H4,16,17,18). The van der Waals surface area contributed by atoms with Gasteiger partial charge in [-0.2, -0.15) is 5.26 Å². The van der Waals surface area contributed by atoms with Crippen molar-refractivity contribution in [2.24, 2.45) is 16.5 Å². The predicted molar refractivity (Wildman–Crippen MR) is 102 cm³/mol. The number of thiazole rings is 1. The van der Waals surface area contributed by atoms with Crippen LogP contribution in [0.2, 0.25) is 0 Å². The molecule has 1 aromatic carbocycles. The summed E-state index contributed by atoms with van der Waals surface area (Å²) in [5.41, 5.74) is 11.2. The summed E-state index contributed by atoms with van der Waals surface area (Å²) >= 11 is -1.81. The number of carboxylic acids is 1. The second kappa shape index (κ2) is 8.90. The van der Waals surface area contributed by atoms with Gasteiger partial charge in [0.1, 0.15) is 17.6 Å². The Hall–Kier alpha value is -3.54. The Balaban J connectivity index is 2.40. The first kappa shape index (κ1) is 20.8. The second-order valence-corrected chi connectivity index (χ2v) is 6.63. The van der Waals surface area contributed by atoms with E-state index in [4.69, 9.17) is 11.5 Å². The van der Waals surface area contributed by atoms with Crippen molar-refractivity contribution in [3.63, 3.8) is 0 Å². The number of amides is 1. The average Bonchev–Trinajstić information content (AvgIpc) is 3.10. The largest absolute Gasteiger partial charge is 0.476 e. The first-order valence-corrected chi connectivity index (χ1v) is 9.16. The molecule has 0 aliphatic heterocycles. The van der Waals surface area contributed by atoms with Crippen LogP contribution in [0.1, 0.15) is 16.1 Å². The van der Waals surface area contributed by atoms with E-state index in [0.717, 1.165) is 15.6 Å². The maximum absolute atomic E-state index is 11.8. The van der Waals surface area contributed by atoms with Gasteiger partial charge >= 0.3 is 5.97 Å². The number of nitrogens with two attached hydrogens (primary N) is 2. The summed E-state index contributed by atoms with van der Waals surface area (Å²) in [4.78, 5) is 30.3. The van der Waals surface area contributed by atoms with Gasteiger partial charge in [0.05, 0.1) is 22.4 Å². The number of carbonyl (C=O) groups is 2. The zero-order chi connectivity index (χ0) is 20.8. The van der Waals surface area contributed by atoms with Crippen molar-refractivity contribution in [1.82, 2.24) is 4.98 Å². The fraction of sp³-hybridized carbons (Fsp3) is 0.0714. The summed E-state index contributed by atoms with van der Waals surface area (Å²) in [6.45, 7) is -0.357. The van der Waals surface area contributed by atoms with E-state index in [-0.39, 0.29) is 34.4 Å². The number of nitrogens with one attached hydrogen (secondary N) is 1. The van der Waals surface area contributed by atoms with Gasteiger partial charge in [-0.3, -0.25) is 9.35 Å². The van der Waals surface area contributed by atoms with Gasteiger partial charge in [0, 0.05) is 0 Å². The van der Waals surface area contributed by atoms with Crippen LogP contribution >= 0.6 is 11.3 Å². The number of aliphatic imine (C=N–C) groups is 1. The number of aromatic nitrogens is 1. The number of nitrogens with zero attached hydrogens (tertiary/aromatic N) is 4. The lowest BCUT2D eigenvalue weighted by Gasteiger charge is -2.19. The molecule has 1 aromatic heterocycles. The molecule has 0 saturated heterocycles. The Labute approximate surface area is 164 Å². The van der Waals surface area contributed by atoms with E-state index in [9.17, 15) is 28.7 Å². The number of hydrogen-bond donors (Lipinski definition) is 5. The van der Waals surface area contributed by atoms with Crippen LogP contribution in [0.4, 0.5) is 16.4 Å². The zero-order valence-electron chi connectivity index (χ0n) is 13.9. The highest BCUT2D eigenvalue weighted by molar-refractivity contribution is 7.81. The van der Waals surface area contributed by atoms with Crippen LogP contribution in [0.15, 0.2) is 28.7 Å². The second-order valence-electron chi connectivity index (χ2n) is 4.97. The topological polar surface area (TPSA) is 208 Å². The van der Waals surface area contributed by atoms with Gasteiger partial charge in [-0.1, -0.05) is 0 Å². The molecular formula is C14H13N7O5S2. The van der Waals surface area contributed by atoms with Crippen molar-refractivity contribution in [3.8, 4) is 6.07 Å². The maximum Gasteiger partial charge on any atom is 0.357 e. The highest BCUT2D eigenvalue weighted by atomic mass is 32.2. The Bertz CT molecular complexity index is 1010. The number of benzene rings is 1. The summed E-state index contributed by atoms with van der Waals surface area (Å²) in [6, 6.07) is 5.72. The Morgan fingerprint density at radius 1 is 1.43 bits per heavy atom.